The number of nitrogens with one attached hydrogen (secondary N) is 1. The van der Waals surface area contributed by atoms with Crippen molar-refractivity contribution < 1.29 is 0 Å². The number of nitrogens with zero attached hydrogens (tertiary/aromatic N) is 1. The van der Waals surface area contributed by atoms with Crippen LogP contribution in [0, 0.1) is 11.8 Å². The first-order valence-corrected chi connectivity index (χ1v) is 6.64. The van der Waals surface area contributed by atoms with Crippen LogP contribution < -0.4 is 5.32 Å². The van der Waals surface area contributed by atoms with E-state index >= 15 is 0 Å². The van der Waals surface area contributed by atoms with Crippen LogP contribution in [0.15, 0.2) is 0 Å². The van der Waals surface area contributed by atoms with Gasteiger partial charge in [0, 0.05) is 6.04 Å². The minimum absolute atomic E-state index is 0.863. The van der Waals surface area contributed by atoms with Crippen LogP contribution in [-0.4, -0.2) is 38.1 Å². The van der Waals surface area contributed by atoms with E-state index in [0.29, 0.717) is 0 Å². The molecule has 0 amide bonds. The molecule has 2 rings (SSSR count). The van der Waals surface area contributed by atoms with Gasteiger partial charge in [0.1, 0.15) is 0 Å². The first kappa shape index (κ1) is 11.4. The largest absolute Gasteiger partial charge is 0.317 e. The highest BCUT2D eigenvalue weighted by Crippen LogP contribution is 2.35. The van der Waals surface area contributed by atoms with Gasteiger partial charge < -0.3 is 10.2 Å². The Bertz CT molecular complexity index is 181. The third-order valence-electron chi connectivity index (χ3n) is 4.39. The maximum atomic E-state index is 3.46. The fraction of sp³-hybridized carbons (Fsp3) is 1.00. The van der Waals surface area contributed by atoms with E-state index in [1.165, 1.54) is 51.6 Å². The van der Waals surface area contributed by atoms with Crippen LogP contribution in [0.5, 0.6) is 0 Å². The van der Waals surface area contributed by atoms with Crippen molar-refractivity contribution in [3.05, 3.63) is 0 Å². The fourth-order valence-electron chi connectivity index (χ4n) is 3.11. The Labute approximate surface area is 94.4 Å². The molecule has 0 aromatic rings. The third kappa shape index (κ3) is 2.94. The first-order chi connectivity index (χ1) is 7.27. The summed E-state index contributed by atoms with van der Waals surface area (Å²) >= 11 is 0. The van der Waals surface area contributed by atoms with Crippen molar-refractivity contribution in [3.8, 4) is 0 Å². The van der Waals surface area contributed by atoms with Gasteiger partial charge in [-0.25, -0.2) is 0 Å². The molecule has 1 aliphatic heterocycles. The van der Waals surface area contributed by atoms with Gasteiger partial charge in [-0.3, -0.25) is 0 Å². The van der Waals surface area contributed by atoms with Crippen molar-refractivity contribution in [2.24, 2.45) is 11.8 Å². The Balaban J connectivity index is 1.81. The Morgan fingerprint density at radius 2 is 1.80 bits per heavy atom. The molecule has 0 aromatic heterocycles. The zero-order chi connectivity index (χ0) is 10.7. The minimum atomic E-state index is 0.863. The van der Waals surface area contributed by atoms with Crippen molar-refractivity contribution in [2.75, 3.05) is 27.2 Å². The average molecular weight is 210 g/mol. The lowest BCUT2D eigenvalue weighted by Crippen LogP contribution is -2.41. The second-order valence-corrected chi connectivity index (χ2v) is 5.65. The molecule has 0 aromatic carbocycles. The minimum Gasteiger partial charge on any atom is -0.317 e. The highest BCUT2D eigenvalue weighted by atomic mass is 15.1. The molecule has 0 spiro atoms. The molecule has 88 valence electrons. The molecule has 1 unspecified atom stereocenters. The highest BCUT2D eigenvalue weighted by molar-refractivity contribution is 4.85. The number of hydrogen-bond donors (Lipinski definition) is 1. The summed E-state index contributed by atoms with van der Waals surface area (Å²) in [7, 11) is 4.54. The van der Waals surface area contributed by atoms with Gasteiger partial charge in [-0.15, -0.1) is 0 Å². The summed E-state index contributed by atoms with van der Waals surface area (Å²) in [4.78, 5) is 2.48. The molecule has 1 N–H and O–H groups in total. The summed E-state index contributed by atoms with van der Waals surface area (Å²) in [6.07, 6.45) is 8.68. The number of hydrogen-bond acceptors (Lipinski definition) is 2. The lowest BCUT2D eigenvalue weighted by atomic mass is 9.75. The Hall–Kier alpha value is -0.0800. The Kier molecular flexibility index (Phi) is 4.04. The van der Waals surface area contributed by atoms with E-state index in [-0.39, 0.29) is 0 Å². The van der Waals surface area contributed by atoms with Crippen LogP contribution in [0.2, 0.25) is 0 Å². The lowest BCUT2D eigenvalue weighted by molar-refractivity contribution is 0.110. The molecule has 1 atom stereocenters. The SMILES string of the molecule is CN(C)C(CC1CCNCC1)C1CCC1. The van der Waals surface area contributed by atoms with Crippen molar-refractivity contribution in [1.29, 1.82) is 0 Å². The van der Waals surface area contributed by atoms with Crippen LogP contribution in [0.4, 0.5) is 0 Å². The predicted molar refractivity (Wildman–Crippen MR) is 65.0 cm³/mol. The van der Waals surface area contributed by atoms with Gasteiger partial charge in [0.2, 0.25) is 0 Å². The summed E-state index contributed by atoms with van der Waals surface area (Å²) in [5.74, 6) is 1.99. The molecule has 1 aliphatic carbocycles. The lowest BCUT2D eigenvalue weighted by Gasteiger charge is -2.40. The molecular weight excluding hydrogens is 184 g/mol. The molecule has 1 saturated carbocycles. The van der Waals surface area contributed by atoms with Gasteiger partial charge >= 0.3 is 0 Å². The quantitative estimate of drug-likeness (QED) is 0.764. The monoisotopic (exact) mass is 210 g/mol. The molecule has 1 heterocycles. The van der Waals surface area contributed by atoms with Gasteiger partial charge in [-0.2, -0.15) is 0 Å². The van der Waals surface area contributed by atoms with Crippen molar-refractivity contribution in [1.82, 2.24) is 10.2 Å². The molecule has 2 aliphatic rings. The van der Waals surface area contributed by atoms with Gasteiger partial charge in [-0.1, -0.05) is 6.42 Å². The van der Waals surface area contributed by atoms with E-state index in [2.05, 4.69) is 24.3 Å². The number of rotatable bonds is 4. The zero-order valence-corrected chi connectivity index (χ0v) is 10.3. The predicted octanol–water partition coefficient (Wildman–Crippen LogP) is 2.11. The first-order valence-electron chi connectivity index (χ1n) is 6.64. The second-order valence-electron chi connectivity index (χ2n) is 5.65. The molecule has 2 nitrogen and oxygen atoms in total. The average Bonchev–Trinajstić information content (AvgIpc) is 2.15. The molecule has 15 heavy (non-hydrogen) atoms. The topological polar surface area (TPSA) is 15.3 Å². The maximum Gasteiger partial charge on any atom is 0.0120 e. The van der Waals surface area contributed by atoms with E-state index in [0.717, 1.165) is 17.9 Å². The van der Waals surface area contributed by atoms with E-state index in [9.17, 15) is 0 Å². The van der Waals surface area contributed by atoms with Gasteiger partial charge in [0.15, 0.2) is 0 Å². The van der Waals surface area contributed by atoms with E-state index in [4.69, 9.17) is 0 Å². The van der Waals surface area contributed by atoms with E-state index in [1.807, 2.05) is 0 Å². The molecule has 1 saturated heterocycles. The standard InChI is InChI=1S/C13H26N2/c1-15(2)13(12-4-3-5-12)10-11-6-8-14-9-7-11/h11-14H,3-10H2,1-2H3. The summed E-state index contributed by atoms with van der Waals surface area (Å²) in [5, 5.41) is 3.46. The van der Waals surface area contributed by atoms with Crippen molar-refractivity contribution >= 4 is 0 Å². The van der Waals surface area contributed by atoms with Crippen LogP contribution in [-0.2, 0) is 0 Å². The fourth-order valence-corrected chi connectivity index (χ4v) is 3.11. The van der Waals surface area contributed by atoms with Crippen LogP contribution in [0.1, 0.15) is 38.5 Å². The van der Waals surface area contributed by atoms with Gasteiger partial charge in [0.05, 0.1) is 0 Å². The van der Waals surface area contributed by atoms with Gasteiger partial charge in [-0.05, 0) is 71.1 Å². The van der Waals surface area contributed by atoms with E-state index in [1.54, 1.807) is 0 Å². The summed E-state index contributed by atoms with van der Waals surface area (Å²) in [6, 6.07) is 0.863. The Morgan fingerprint density at radius 1 is 1.13 bits per heavy atom. The Morgan fingerprint density at radius 3 is 2.27 bits per heavy atom. The highest BCUT2D eigenvalue weighted by Gasteiger charge is 2.30. The van der Waals surface area contributed by atoms with Crippen molar-refractivity contribution in [2.45, 2.75) is 44.6 Å². The molecule has 2 fully saturated rings. The summed E-state index contributed by atoms with van der Waals surface area (Å²) < 4.78 is 0. The molecule has 0 radical (unpaired) electrons. The second kappa shape index (κ2) is 5.31. The molecule has 2 heteroatoms. The maximum absolute atomic E-state index is 3.46. The summed E-state index contributed by atoms with van der Waals surface area (Å²) in [6.45, 7) is 2.49. The summed E-state index contributed by atoms with van der Waals surface area (Å²) in [5.41, 5.74) is 0. The number of piperidine rings is 1. The van der Waals surface area contributed by atoms with Crippen LogP contribution >= 0.6 is 0 Å². The van der Waals surface area contributed by atoms with Crippen LogP contribution in [0.3, 0.4) is 0 Å². The van der Waals surface area contributed by atoms with E-state index < -0.39 is 0 Å². The smallest absolute Gasteiger partial charge is 0.0120 e. The third-order valence-corrected chi connectivity index (χ3v) is 4.39. The normalized spacial score (nSPS) is 26.6. The van der Waals surface area contributed by atoms with Crippen molar-refractivity contribution in [3.63, 3.8) is 0 Å². The zero-order valence-electron chi connectivity index (χ0n) is 10.3. The molecule has 0 bridgehead atoms. The van der Waals surface area contributed by atoms with Gasteiger partial charge in [0.25, 0.3) is 0 Å². The molecular formula is C13H26N2. The van der Waals surface area contributed by atoms with Crippen LogP contribution in [0.25, 0.3) is 0 Å².